The van der Waals surface area contributed by atoms with Crippen LogP contribution in [0.5, 0.6) is 0 Å². The number of para-hydroxylation sites is 3. The number of nitrogens with zero attached hydrogens (tertiary/aromatic N) is 4. The summed E-state index contributed by atoms with van der Waals surface area (Å²) >= 11 is 0. The molecular formula is C35H41N5O3. The van der Waals surface area contributed by atoms with Crippen LogP contribution < -0.4 is 5.69 Å². The van der Waals surface area contributed by atoms with Gasteiger partial charge < -0.3 is 19.2 Å². The van der Waals surface area contributed by atoms with Crippen LogP contribution in [0.25, 0.3) is 27.8 Å². The number of hydrogen-bond acceptors (Lipinski definition) is 4. The van der Waals surface area contributed by atoms with Gasteiger partial charge in [-0.15, -0.1) is 0 Å². The van der Waals surface area contributed by atoms with Crippen molar-refractivity contribution < 1.29 is 9.53 Å². The van der Waals surface area contributed by atoms with E-state index < -0.39 is 0 Å². The fourth-order valence-corrected chi connectivity index (χ4v) is 6.63. The number of amides is 1. The van der Waals surface area contributed by atoms with E-state index in [9.17, 15) is 9.59 Å². The van der Waals surface area contributed by atoms with Crippen LogP contribution in [0.2, 0.25) is 0 Å². The Bertz CT molecular complexity index is 1780. The lowest BCUT2D eigenvalue weighted by Gasteiger charge is -2.33. The number of fused-ring (bicyclic) bond motifs is 2. The molecule has 0 radical (unpaired) electrons. The van der Waals surface area contributed by atoms with Crippen molar-refractivity contribution in [3.05, 3.63) is 94.2 Å². The lowest BCUT2D eigenvalue weighted by Crippen LogP contribution is -2.40. The highest BCUT2D eigenvalue weighted by atomic mass is 16.5. The van der Waals surface area contributed by atoms with Gasteiger partial charge in [-0.3, -0.25) is 9.36 Å². The Morgan fingerprint density at radius 1 is 1.07 bits per heavy atom. The lowest BCUT2D eigenvalue weighted by atomic mass is 9.94. The van der Waals surface area contributed by atoms with E-state index in [2.05, 4.69) is 51.7 Å². The number of aromatic nitrogens is 4. The second-order valence-electron chi connectivity index (χ2n) is 12.1. The third-order valence-corrected chi connectivity index (χ3v) is 8.78. The second kappa shape index (κ2) is 12.6. The molecule has 1 amide bonds. The molecule has 0 unspecified atom stereocenters. The van der Waals surface area contributed by atoms with E-state index in [0.717, 1.165) is 83.5 Å². The standard InChI is InChI=1S/C35H41N5O3/c1-24(21-26-14-16-28(17-15-26)40-31-13-6-9-25(2)33(31)37-35(40)42)22-32(41)38-18-7-10-27(23-38)34-36-29-11-4-5-12-30(29)39(34)19-8-20-43-3/h4-6,9,11-17,24,27H,7-8,10,18-23H2,1-3H3,(H,37,42)/t24-,27-/m1/s1. The fraction of sp³-hybridized carbons (Fsp3) is 0.400. The molecule has 6 rings (SSSR count). The van der Waals surface area contributed by atoms with Gasteiger partial charge in [0, 0.05) is 45.7 Å². The zero-order chi connectivity index (χ0) is 29.9. The van der Waals surface area contributed by atoms with Crippen molar-refractivity contribution in [2.24, 2.45) is 5.92 Å². The fourth-order valence-electron chi connectivity index (χ4n) is 6.63. The monoisotopic (exact) mass is 579 g/mol. The highest BCUT2D eigenvalue weighted by molar-refractivity contribution is 5.80. The summed E-state index contributed by atoms with van der Waals surface area (Å²) < 4.78 is 9.37. The van der Waals surface area contributed by atoms with Crippen LogP contribution in [0.15, 0.2) is 71.5 Å². The summed E-state index contributed by atoms with van der Waals surface area (Å²) in [5, 5.41) is 0. The summed E-state index contributed by atoms with van der Waals surface area (Å²) in [4.78, 5) is 36.3. The van der Waals surface area contributed by atoms with Gasteiger partial charge in [-0.25, -0.2) is 9.78 Å². The van der Waals surface area contributed by atoms with Crippen molar-refractivity contribution in [1.82, 2.24) is 24.0 Å². The molecule has 3 heterocycles. The molecule has 1 saturated heterocycles. The van der Waals surface area contributed by atoms with E-state index in [4.69, 9.17) is 9.72 Å². The number of ether oxygens (including phenoxy) is 1. The summed E-state index contributed by atoms with van der Waals surface area (Å²) in [5.74, 6) is 1.74. The molecule has 0 spiro atoms. The van der Waals surface area contributed by atoms with Gasteiger partial charge >= 0.3 is 5.69 Å². The average Bonchev–Trinajstić information content (AvgIpc) is 3.56. The number of piperidine rings is 1. The number of carbonyl (C=O) groups excluding carboxylic acids is 1. The van der Waals surface area contributed by atoms with Gasteiger partial charge in [0.1, 0.15) is 5.82 Å². The van der Waals surface area contributed by atoms with E-state index in [-0.39, 0.29) is 23.4 Å². The molecule has 8 heteroatoms. The Morgan fingerprint density at radius 3 is 2.67 bits per heavy atom. The molecule has 3 aromatic carbocycles. The molecule has 2 atom stereocenters. The number of hydrogen-bond donors (Lipinski definition) is 1. The largest absolute Gasteiger partial charge is 0.385 e. The molecule has 8 nitrogen and oxygen atoms in total. The van der Waals surface area contributed by atoms with Crippen LogP contribution in [-0.2, 0) is 22.5 Å². The summed E-state index contributed by atoms with van der Waals surface area (Å²) in [7, 11) is 1.74. The van der Waals surface area contributed by atoms with Crippen LogP contribution in [-0.4, -0.2) is 56.7 Å². The third kappa shape index (κ3) is 6.02. The zero-order valence-corrected chi connectivity index (χ0v) is 25.4. The molecule has 2 aromatic heterocycles. The molecule has 1 N–H and O–H groups in total. The SMILES string of the molecule is COCCCn1c([C@@H]2CCCN(C(=O)C[C@H](C)Cc3ccc(-n4c(=O)[nH]c5c(C)cccc54)cc3)C2)nc2ccccc21. The van der Waals surface area contributed by atoms with Gasteiger partial charge in [0.25, 0.3) is 0 Å². The molecule has 1 fully saturated rings. The van der Waals surface area contributed by atoms with E-state index in [1.165, 1.54) is 0 Å². The van der Waals surface area contributed by atoms with Crippen LogP contribution in [0.3, 0.4) is 0 Å². The van der Waals surface area contributed by atoms with Crippen molar-refractivity contribution >= 4 is 28.0 Å². The number of carbonyl (C=O) groups is 1. The second-order valence-corrected chi connectivity index (χ2v) is 12.1. The Labute approximate surface area is 252 Å². The van der Waals surface area contributed by atoms with Crippen molar-refractivity contribution in [2.75, 3.05) is 26.8 Å². The summed E-state index contributed by atoms with van der Waals surface area (Å²) in [6.45, 7) is 7.24. The van der Waals surface area contributed by atoms with Crippen molar-refractivity contribution in [2.45, 2.75) is 58.4 Å². The number of methoxy groups -OCH3 is 1. The van der Waals surface area contributed by atoms with E-state index in [1.54, 1.807) is 11.7 Å². The number of rotatable bonds is 10. The van der Waals surface area contributed by atoms with Crippen LogP contribution >= 0.6 is 0 Å². The quantitative estimate of drug-likeness (QED) is 0.206. The minimum Gasteiger partial charge on any atom is -0.385 e. The first-order valence-electron chi connectivity index (χ1n) is 15.4. The first kappa shape index (κ1) is 28.9. The molecule has 5 aromatic rings. The Kier molecular flexibility index (Phi) is 8.47. The molecule has 1 aliphatic heterocycles. The Balaban J connectivity index is 1.10. The molecule has 43 heavy (non-hydrogen) atoms. The molecule has 1 aliphatic rings. The van der Waals surface area contributed by atoms with Crippen LogP contribution in [0, 0.1) is 12.8 Å². The summed E-state index contributed by atoms with van der Waals surface area (Å²) in [6, 6.07) is 22.4. The third-order valence-electron chi connectivity index (χ3n) is 8.78. The van der Waals surface area contributed by atoms with Crippen molar-refractivity contribution in [1.29, 1.82) is 0 Å². The smallest absolute Gasteiger partial charge is 0.331 e. The molecule has 0 saturated carbocycles. The molecule has 0 aliphatic carbocycles. The first-order valence-corrected chi connectivity index (χ1v) is 15.4. The normalized spacial score (nSPS) is 16.3. The van der Waals surface area contributed by atoms with Gasteiger partial charge in [0.05, 0.1) is 27.8 Å². The van der Waals surface area contributed by atoms with E-state index in [1.807, 2.05) is 43.3 Å². The van der Waals surface area contributed by atoms with Crippen LogP contribution in [0.1, 0.15) is 55.5 Å². The predicted molar refractivity (Wildman–Crippen MR) is 171 cm³/mol. The minimum absolute atomic E-state index is 0.138. The van der Waals surface area contributed by atoms with Crippen molar-refractivity contribution in [3.63, 3.8) is 0 Å². The highest BCUT2D eigenvalue weighted by Crippen LogP contribution is 2.30. The molecular weight excluding hydrogens is 538 g/mol. The summed E-state index contributed by atoms with van der Waals surface area (Å²) in [5.41, 5.74) is 6.82. The maximum atomic E-state index is 13.5. The highest BCUT2D eigenvalue weighted by Gasteiger charge is 2.29. The minimum atomic E-state index is -0.138. The number of benzene rings is 3. The number of imidazole rings is 2. The van der Waals surface area contributed by atoms with Crippen molar-refractivity contribution in [3.8, 4) is 5.69 Å². The maximum Gasteiger partial charge on any atom is 0.331 e. The molecule has 224 valence electrons. The van der Waals surface area contributed by atoms with Gasteiger partial charge in [0.2, 0.25) is 5.91 Å². The lowest BCUT2D eigenvalue weighted by molar-refractivity contribution is -0.133. The number of H-pyrrole nitrogens is 1. The zero-order valence-electron chi connectivity index (χ0n) is 25.4. The van der Waals surface area contributed by atoms with Gasteiger partial charge in [-0.1, -0.05) is 43.3 Å². The topological polar surface area (TPSA) is 85.1 Å². The molecule has 0 bridgehead atoms. The number of nitrogens with one attached hydrogen (secondary N) is 1. The maximum absolute atomic E-state index is 13.5. The van der Waals surface area contributed by atoms with Gasteiger partial charge in [-0.05, 0) is 80.0 Å². The van der Waals surface area contributed by atoms with Crippen LogP contribution in [0.4, 0.5) is 0 Å². The first-order chi connectivity index (χ1) is 20.9. The average molecular weight is 580 g/mol. The number of likely N-dealkylation sites (tertiary alicyclic amines) is 1. The van der Waals surface area contributed by atoms with Gasteiger partial charge in [-0.2, -0.15) is 0 Å². The Hall–Kier alpha value is -4.17. The predicted octanol–water partition coefficient (Wildman–Crippen LogP) is 5.99. The van der Waals surface area contributed by atoms with E-state index in [0.29, 0.717) is 19.6 Å². The number of aryl methyl sites for hydroxylation is 2. The Morgan fingerprint density at radius 2 is 1.86 bits per heavy atom. The van der Waals surface area contributed by atoms with E-state index >= 15 is 0 Å². The summed E-state index contributed by atoms with van der Waals surface area (Å²) in [6.07, 6.45) is 4.27. The number of aromatic amines is 1. The van der Waals surface area contributed by atoms with Gasteiger partial charge in [0.15, 0.2) is 0 Å².